The molecule has 1 saturated heterocycles. The van der Waals surface area contributed by atoms with Crippen molar-refractivity contribution in [1.29, 1.82) is 0 Å². The van der Waals surface area contributed by atoms with E-state index in [0.29, 0.717) is 11.7 Å². The average Bonchev–Trinajstić information content (AvgIpc) is 2.48. The molecule has 0 radical (unpaired) electrons. The minimum absolute atomic E-state index is 0.125. The third-order valence-electron chi connectivity index (χ3n) is 4.09. The second-order valence-electron chi connectivity index (χ2n) is 5.36. The van der Waals surface area contributed by atoms with Crippen LogP contribution < -0.4 is 10.6 Å². The van der Waals surface area contributed by atoms with Crippen molar-refractivity contribution in [1.82, 2.24) is 4.98 Å². The predicted molar refractivity (Wildman–Crippen MR) is 78.6 cm³/mol. The summed E-state index contributed by atoms with van der Waals surface area (Å²) in [5, 5.41) is 22.8. The van der Waals surface area contributed by atoms with Gasteiger partial charge in [0.05, 0.1) is 4.92 Å². The van der Waals surface area contributed by atoms with Gasteiger partial charge in [-0.25, -0.2) is 4.98 Å². The van der Waals surface area contributed by atoms with E-state index in [1.807, 2.05) is 11.8 Å². The van der Waals surface area contributed by atoms with E-state index < -0.39 is 4.92 Å². The molecule has 1 fully saturated rings. The second kappa shape index (κ2) is 5.94. The van der Waals surface area contributed by atoms with Crippen LogP contribution in [-0.4, -0.2) is 33.5 Å². The molecule has 1 aliphatic heterocycles. The van der Waals surface area contributed by atoms with Crippen LogP contribution in [0, 0.1) is 16.0 Å². The van der Waals surface area contributed by atoms with E-state index in [9.17, 15) is 10.1 Å². The number of amidine groups is 1. The van der Waals surface area contributed by atoms with Gasteiger partial charge in [0.2, 0.25) is 5.82 Å². The lowest BCUT2D eigenvalue weighted by atomic mass is 9.92. The fraction of sp³-hybridized carbons (Fsp3) is 0.538. The number of nitrogens with zero attached hydrogens (tertiary/aromatic N) is 4. The molecule has 0 spiro atoms. The Labute approximate surface area is 122 Å². The maximum Gasteiger partial charge on any atom is 0.312 e. The molecular formula is C13H19N5O3. The van der Waals surface area contributed by atoms with E-state index in [2.05, 4.69) is 17.1 Å². The number of pyridine rings is 1. The molecule has 0 amide bonds. The Morgan fingerprint density at radius 1 is 1.62 bits per heavy atom. The highest BCUT2D eigenvalue weighted by atomic mass is 16.6. The largest absolute Gasteiger partial charge is 0.409 e. The summed E-state index contributed by atoms with van der Waals surface area (Å²) in [6.07, 6.45) is 3.48. The van der Waals surface area contributed by atoms with Crippen molar-refractivity contribution >= 4 is 17.3 Å². The molecule has 114 valence electrons. The smallest absolute Gasteiger partial charge is 0.312 e. The van der Waals surface area contributed by atoms with Crippen LogP contribution in [0.5, 0.6) is 0 Å². The number of nitrogens with two attached hydrogens (primary N) is 1. The standard InChI is InChI=1S/C13H19N5O3/c1-8-4-3-5-17(9(8)2)13-11(18(20)21)6-10(7-15-13)12(14)16-19/h6-9,19H,3-5H2,1-2H3,(H2,14,16). The summed E-state index contributed by atoms with van der Waals surface area (Å²) in [7, 11) is 0. The van der Waals surface area contributed by atoms with Crippen LogP contribution in [0.25, 0.3) is 0 Å². The van der Waals surface area contributed by atoms with Gasteiger partial charge in [0, 0.05) is 30.4 Å². The molecule has 3 N–H and O–H groups in total. The molecule has 1 aliphatic rings. The first-order chi connectivity index (χ1) is 9.95. The van der Waals surface area contributed by atoms with Gasteiger partial charge >= 0.3 is 5.69 Å². The van der Waals surface area contributed by atoms with E-state index in [-0.39, 0.29) is 23.1 Å². The van der Waals surface area contributed by atoms with Crippen LogP contribution in [0.2, 0.25) is 0 Å². The summed E-state index contributed by atoms with van der Waals surface area (Å²) in [5.41, 5.74) is 5.57. The third-order valence-corrected chi connectivity index (χ3v) is 4.09. The maximum atomic E-state index is 11.3. The topological polar surface area (TPSA) is 118 Å². The molecule has 1 aromatic heterocycles. The maximum absolute atomic E-state index is 11.3. The number of piperidine rings is 1. The zero-order valence-electron chi connectivity index (χ0n) is 12.1. The molecule has 2 heterocycles. The molecule has 8 nitrogen and oxygen atoms in total. The average molecular weight is 293 g/mol. The monoisotopic (exact) mass is 293 g/mol. The first-order valence-corrected chi connectivity index (χ1v) is 6.84. The highest BCUT2D eigenvalue weighted by molar-refractivity contribution is 5.97. The van der Waals surface area contributed by atoms with Crippen molar-refractivity contribution in [2.24, 2.45) is 16.8 Å². The minimum Gasteiger partial charge on any atom is -0.409 e. The van der Waals surface area contributed by atoms with E-state index in [1.54, 1.807) is 0 Å². The Hall–Kier alpha value is -2.38. The van der Waals surface area contributed by atoms with Gasteiger partial charge in [-0.05, 0) is 25.7 Å². The van der Waals surface area contributed by atoms with Crippen molar-refractivity contribution in [2.75, 3.05) is 11.4 Å². The summed E-state index contributed by atoms with van der Waals surface area (Å²) in [6, 6.07) is 1.48. The fourth-order valence-electron chi connectivity index (χ4n) is 2.63. The normalized spacial score (nSPS) is 23.1. The van der Waals surface area contributed by atoms with E-state index in [4.69, 9.17) is 10.9 Å². The van der Waals surface area contributed by atoms with E-state index in [1.165, 1.54) is 12.3 Å². The van der Waals surface area contributed by atoms with Crippen LogP contribution in [-0.2, 0) is 0 Å². The third kappa shape index (κ3) is 2.88. The molecule has 1 aromatic rings. The number of hydrogen-bond acceptors (Lipinski definition) is 6. The number of oxime groups is 1. The molecule has 2 unspecified atom stereocenters. The molecule has 0 saturated carbocycles. The van der Waals surface area contributed by atoms with Crippen LogP contribution >= 0.6 is 0 Å². The molecule has 8 heteroatoms. The van der Waals surface area contributed by atoms with Gasteiger partial charge in [0.15, 0.2) is 5.84 Å². The summed E-state index contributed by atoms with van der Waals surface area (Å²) in [4.78, 5) is 17.0. The Kier molecular flexibility index (Phi) is 4.25. The van der Waals surface area contributed by atoms with Crippen LogP contribution in [0.4, 0.5) is 11.5 Å². The predicted octanol–water partition coefficient (Wildman–Crippen LogP) is 1.71. The first-order valence-electron chi connectivity index (χ1n) is 6.84. The van der Waals surface area contributed by atoms with Crippen molar-refractivity contribution in [3.63, 3.8) is 0 Å². The minimum atomic E-state index is -0.484. The summed E-state index contributed by atoms with van der Waals surface area (Å²) in [6.45, 7) is 4.92. The number of rotatable bonds is 3. The molecule has 2 rings (SSSR count). The number of hydrogen-bond donors (Lipinski definition) is 2. The van der Waals surface area contributed by atoms with Gasteiger partial charge in [0.1, 0.15) is 0 Å². The van der Waals surface area contributed by atoms with Gasteiger partial charge in [0.25, 0.3) is 0 Å². The van der Waals surface area contributed by atoms with Crippen molar-refractivity contribution in [2.45, 2.75) is 32.7 Å². The van der Waals surface area contributed by atoms with Crippen molar-refractivity contribution in [3.8, 4) is 0 Å². The van der Waals surface area contributed by atoms with Gasteiger partial charge in [-0.1, -0.05) is 12.1 Å². The Balaban J connectivity index is 2.46. The van der Waals surface area contributed by atoms with Crippen LogP contribution in [0.3, 0.4) is 0 Å². The van der Waals surface area contributed by atoms with Crippen molar-refractivity contribution < 1.29 is 10.1 Å². The quantitative estimate of drug-likeness (QED) is 0.288. The fourth-order valence-corrected chi connectivity index (χ4v) is 2.63. The van der Waals surface area contributed by atoms with Gasteiger partial charge in [-0.15, -0.1) is 0 Å². The Bertz CT molecular complexity index is 575. The number of aromatic nitrogens is 1. The lowest BCUT2D eigenvalue weighted by molar-refractivity contribution is -0.384. The lowest BCUT2D eigenvalue weighted by Gasteiger charge is -2.38. The van der Waals surface area contributed by atoms with E-state index >= 15 is 0 Å². The highest BCUT2D eigenvalue weighted by Crippen LogP contribution is 2.33. The molecular weight excluding hydrogens is 274 g/mol. The number of nitro groups is 1. The van der Waals surface area contributed by atoms with Gasteiger partial charge in [-0.3, -0.25) is 10.1 Å². The zero-order chi connectivity index (χ0) is 15.6. The Morgan fingerprint density at radius 3 is 2.95 bits per heavy atom. The highest BCUT2D eigenvalue weighted by Gasteiger charge is 2.31. The zero-order valence-corrected chi connectivity index (χ0v) is 12.1. The molecule has 21 heavy (non-hydrogen) atoms. The van der Waals surface area contributed by atoms with Gasteiger partial charge < -0.3 is 15.8 Å². The molecule has 0 aliphatic carbocycles. The SMILES string of the molecule is CC1CCCN(c2ncc(C(N)=NO)cc2[N+](=O)[O-])C1C. The number of anilines is 1. The summed E-state index contributed by atoms with van der Waals surface area (Å²) >= 11 is 0. The second-order valence-corrected chi connectivity index (χ2v) is 5.36. The summed E-state index contributed by atoms with van der Waals surface area (Å²) in [5.74, 6) is 0.592. The molecule has 2 atom stereocenters. The van der Waals surface area contributed by atoms with Crippen LogP contribution in [0.15, 0.2) is 17.4 Å². The van der Waals surface area contributed by atoms with Gasteiger partial charge in [-0.2, -0.15) is 0 Å². The molecule has 0 bridgehead atoms. The van der Waals surface area contributed by atoms with Crippen molar-refractivity contribution in [3.05, 3.63) is 27.9 Å². The van der Waals surface area contributed by atoms with Crippen LogP contribution in [0.1, 0.15) is 32.3 Å². The first kappa shape index (κ1) is 15.0. The lowest BCUT2D eigenvalue weighted by Crippen LogP contribution is -2.43. The molecule has 0 aromatic carbocycles. The Morgan fingerprint density at radius 2 is 2.33 bits per heavy atom. The summed E-state index contributed by atoms with van der Waals surface area (Å²) < 4.78 is 0. The van der Waals surface area contributed by atoms with E-state index in [0.717, 1.165) is 19.4 Å².